The van der Waals surface area contributed by atoms with Gasteiger partial charge in [0.15, 0.2) is 0 Å². The van der Waals surface area contributed by atoms with Crippen molar-refractivity contribution in [2.75, 3.05) is 39.3 Å². The highest BCUT2D eigenvalue weighted by molar-refractivity contribution is 7.92. The highest BCUT2D eigenvalue weighted by Crippen LogP contribution is 2.26. The molecular weight excluding hydrogens is 546 g/mol. The standard InChI is InChI=1S/C29H45N5O6S/c35-27(32-20-26(29(37)38)34-41(39,40)19-14-22-4-2-1-3-5-22)21-33-28(36)25(8-6-23-10-15-30-16-11-23)9-7-24-12-17-31-18-13-24/h1-5,14,19,23-26,30-31,34H,6-13,15-18,20-21H2,(H,32,35)(H,33,36)(H,37,38). The second-order valence-corrected chi connectivity index (χ2v) is 12.6. The molecule has 2 saturated heterocycles. The van der Waals surface area contributed by atoms with Crippen LogP contribution >= 0.6 is 0 Å². The molecule has 2 heterocycles. The minimum Gasteiger partial charge on any atom is -0.480 e. The smallest absolute Gasteiger partial charge is 0.323 e. The first kappa shape index (κ1) is 32.7. The lowest BCUT2D eigenvalue weighted by molar-refractivity contribution is -0.139. The van der Waals surface area contributed by atoms with E-state index >= 15 is 0 Å². The molecule has 11 nitrogen and oxygen atoms in total. The summed E-state index contributed by atoms with van der Waals surface area (Å²) in [6.45, 7) is 3.27. The van der Waals surface area contributed by atoms with E-state index in [9.17, 15) is 27.9 Å². The van der Waals surface area contributed by atoms with Gasteiger partial charge in [-0.1, -0.05) is 30.3 Å². The number of amides is 2. The number of hydrogen-bond acceptors (Lipinski definition) is 7. The van der Waals surface area contributed by atoms with E-state index in [4.69, 9.17) is 0 Å². The van der Waals surface area contributed by atoms with Gasteiger partial charge in [0, 0.05) is 17.9 Å². The van der Waals surface area contributed by atoms with Gasteiger partial charge in [0.1, 0.15) is 6.04 Å². The van der Waals surface area contributed by atoms with Crippen molar-refractivity contribution in [1.29, 1.82) is 0 Å². The number of aliphatic carboxylic acids is 1. The Kier molecular flexibility index (Phi) is 13.7. The number of nitrogens with one attached hydrogen (secondary N) is 5. The van der Waals surface area contributed by atoms with Crippen LogP contribution in [-0.4, -0.2) is 76.6 Å². The van der Waals surface area contributed by atoms with Crippen LogP contribution in [0.25, 0.3) is 6.08 Å². The highest BCUT2D eigenvalue weighted by Gasteiger charge is 2.25. The van der Waals surface area contributed by atoms with E-state index < -0.39 is 34.5 Å². The van der Waals surface area contributed by atoms with Crippen molar-refractivity contribution in [2.24, 2.45) is 17.8 Å². The fraction of sp³-hybridized carbons (Fsp3) is 0.621. The van der Waals surface area contributed by atoms with Crippen LogP contribution in [0.2, 0.25) is 0 Å². The first-order valence-electron chi connectivity index (χ1n) is 14.7. The predicted octanol–water partition coefficient (Wildman–Crippen LogP) is 1.44. The van der Waals surface area contributed by atoms with Crippen LogP contribution in [0.1, 0.15) is 56.9 Å². The maximum atomic E-state index is 13.1. The normalized spacial score (nSPS) is 17.9. The lowest BCUT2D eigenvalue weighted by Gasteiger charge is -2.27. The summed E-state index contributed by atoms with van der Waals surface area (Å²) in [5, 5.41) is 22.3. The molecule has 6 N–H and O–H groups in total. The lowest BCUT2D eigenvalue weighted by Crippen LogP contribution is -2.49. The minimum absolute atomic E-state index is 0.162. The van der Waals surface area contributed by atoms with Crippen molar-refractivity contribution >= 4 is 33.9 Å². The Labute approximate surface area is 243 Å². The van der Waals surface area contributed by atoms with Crippen molar-refractivity contribution in [3.05, 3.63) is 41.3 Å². The van der Waals surface area contributed by atoms with Gasteiger partial charge in [-0.3, -0.25) is 14.4 Å². The van der Waals surface area contributed by atoms with Gasteiger partial charge in [-0.15, -0.1) is 0 Å². The van der Waals surface area contributed by atoms with Crippen LogP contribution in [0.5, 0.6) is 0 Å². The average Bonchev–Trinajstić information content (AvgIpc) is 2.98. The molecule has 2 aliphatic rings. The van der Waals surface area contributed by atoms with Crippen LogP contribution < -0.4 is 26.0 Å². The van der Waals surface area contributed by atoms with Crippen molar-refractivity contribution in [1.82, 2.24) is 26.0 Å². The van der Waals surface area contributed by atoms with Crippen LogP contribution in [0, 0.1) is 17.8 Å². The van der Waals surface area contributed by atoms with Gasteiger partial charge >= 0.3 is 5.97 Å². The third-order valence-corrected chi connectivity index (χ3v) is 9.01. The molecule has 0 saturated carbocycles. The fourth-order valence-corrected chi connectivity index (χ4v) is 6.36. The Bertz CT molecular complexity index is 1080. The number of carboxylic acid groups (broad SMARTS) is 1. The maximum absolute atomic E-state index is 13.1. The molecule has 0 bridgehead atoms. The zero-order valence-corrected chi connectivity index (χ0v) is 24.5. The van der Waals surface area contributed by atoms with E-state index in [0.717, 1.165) is 83.0 Å². The van der Waals surface area contributed by atoms with Gasteiger partial charge in [0.2, 0.25) is 21.8 Å². The summed E-state index contributed by atoms with van der Waals surface area (Å²) >= 11 is 0. The molecule has 1 atom stereocenters. The second-order valence-electron chi connectivity index (χ2n) is 11.0. The van der Waals surface area contributed by atoms with Gasteiger partial charge < -0.3 is 26.4 Å². The minimum atomic E-state index is -4.08. The quantitative estimate of drug-likeness (QED) is 0.168. The maximum Gasteiger partial charge on any atom is 0.323 e. The van der Waals surface area contributed by atoms with E-state index in [2.05, 4.69) is 26.0 Å². The molecule has 1 unspecified atom stereocenters. The molecule has 12 heteroatoms. The number of carbonyl (C=O) groups is 3. The largest absolute Gasteiger partial charge is 0.480 e. The van der Waals surface area contributed by atoms with E-state index in [-0.39, 0.29) is 18.4 Å². The zero-order valence-electron chi connectivity index (χ0n) is 23.6. The zero-order chi connectivity index (χ0) is 29.5. The Balaban J connectivity index is 1.47. The van der Waals surface area contributed by atoms with Gasteiger partial charge in [0.25, 0.3) is 0 Å². The molecule has 2 amide bonds. The van der Waals surface area contributed by atoms with E-state index in [0.29, 0.717) is 17.4 Å². The summed E-state index contributed by atoms with van der Waals surface area (Å²) in [4.78, 5) is 37.2. The van der Waals surface area contributed by atoms with Crippen LogP contribution in [0.3, 0.4) is 0 Å². The number of hydrogen-bond donors (Lipinski definition) is 6. The van der Waals surface area contributed by atoms with Gasteiger partial charge in [-0.05, 0) is 101 Å². The Morgan fingerprint density at radius 3 is 2.00 bits per heavy atom. The summed E-state index contributed by atoms with van der Waals surface area (Å²) < 4.78 is 26.8. The molecule has 0 spiro atoms. The Hall–Kier alpha value is -2.80. The van der Waals surface area contributed by atoms with E-state index in [1.165, 1.54) is 6.08 Å². The van der Waals surface area contributed by atoms with E-state index in [1.54, 1.807) is 30.3 Å². The third kappa shape index (κ3) is 12.7. The first-order chi connectivity index (χ1) is 19.7. The topological polar surface area (TPSA) is 166 Å². The summed E-state index contributed by atoms with van der Waals surface area (Å²) in [6, 6.07) is 7.14. The number of rotatable bonds is 16. The number of carboxylic acids is 1. The molecule has 228 valence electrons. The molecule has 3 rings (SSSR count). The van der Waals surface area contributed by atoms with Crippen LogP contribution in [0.15, 0.2) is 35.7 Å². The number of carbonyl (C=O) groups excluding carboxylic acids is 2. The number of benzene rings is 1. The van der Waals surface area contributed by atoms with Gasteiger partial charge in [0.05, 0.1) is 6.54 Å². The molecule has 2 fully saturated rings. The molecule has 0 radical (unpaired) electrons. The summed E-state index contributed by atoms with van der Waals surface area (Å²) in [7, 11) is -4.08. The predicted molar refractivity (Wildman–Crippen MR) is 158 cm³/mol. The van der Waals surface area contributed by atoms with Crippen LogP contribution in [0.4, 0.5) is 0 Å². The Morgan fingerprint density at radius 2 is 1.46 bits per heavy atom. The molecule has 41 heavy (non-hydrogen) atoms. The molecule has 0 aromatic heterocycles. The van der Waals surface area contributed by atoms with Crippen molar-refractivity contribution in [3.8, 4) is 0 Å². The van der Waals surface area contributed by atoms with Gasteiger partial charge in [-0.2, -0.15) is 4.72 Å². The van der Waals surface area contributed by atoms with E-state index in [1.807, 2.05) is 0 Å². The number of sulfonamides is 1. The fourth-order valence-electron chi connectivity index (χ4n) is 5.36. The third-order valence-electron chi connectivity index (χ3n) is 7.91. The molecular formula is C29H45N5O6S. The lowest BCUT2D eigenvalue weighted by atomic mass is 9.84. The summed E-state index contributed by atoms with van der Waals surface area (Å²) in [5.41, 5.74) is 0.638. The van der Waals surface area contributed by atoms with Crippen molar-refractivity contribution in [3.63, 3.8) is 0 Å². The summed E-state index contributed by atoms with van der Waals surface area (Å²) in [5.74, 6) is -1.14. The SMILES string of the molecule is O=C(CNC(=O)C(CCC1CCNCC1)CCC1CCNCC1)NCC(NS(=O)(=O)C=Cc1ccccc1)C(=O)O. The highest BCUT2D eigenvalue weighted by atomic mass is 32.2. The molecule has 2 aliphatic heterocycles. The molecule has 0 aliphatic carbocycles. The van der Waals surface area contributed by atoms with Crippen molar-refractivity contribution < 1.29 is 27.9 Å². The first-order valence-corrected chi connectivity index (χ1v) is 16.2. The molecule has 1 aromatic rings. The van der Waals surface area contributed by atoms with Crippen molar-refractivity contribution in [2.45, 2.75) is 57.4 Å². The second kappa shape index (κ2) is 17.2. The monoisotopic (exact) mass is 591 g/mol. The average molecular weight is 592 g/mol. The summed E-state index contributed by atoms with van der Waals surface area (Å²) in [6.07, 6.45) is 9.33. The van der Waals surface area contributed by atoms with Gasteiger partial charge in [-0.25, -0.2) is 8.42 Å². The Morgan fingerprint density at radius 1 is 0.902 bits per heavy atom. The molecule has 1 aromatic carbocycles. The number of piperidine rings is 2. The van der Waals surface area contributed by atoms with Crippen LogP contribution in [-0.2, 0) is 24.4 Å².